The monoisotopic (exact) mass is 417 g/mol. The summed E-state index contributed by atoms with van der Waals surface area (Å²) in [7, 11) is -1.76. The van der Waals surface area contributed by atoms with E-state index in [2.05, 4.69) is 0 Å². The van der Waals surface area contributed by atoms with E-state index in [1.165, 1.54) is 18.8 Å². The van der Waals surface area contributed by atoms with Crippen LogP contribution in [0.5, 0.6) is 0 Å². The Bertz CT molecular complexity index is 1120. The van der Waals surface area contributed by atoms with Crippen LogP contribution in [0.4, 0.5) is 0 Å². The molecule has 3 rings (SSSR count). The van der Waals surface area contributed by atoms with Crippen molar-refractivity contribution in [3.63, 3.8) is 0 Å². The molecule has 0 aliphatic carbocycles. The highest BCUT2D eigenvalue weighted by molar-refractivity contribution is 7.60. The zero-order valence-corrected chi connectivity index (χ0v) is 17.3. The predicted molar refractivity (Wildman–Crippen MR) is 113 cm³/mol. The molecule has 0 fully saturated rings. The molecule has 0 unspecified atom stereocenters. The van der Waals surface area contributed by atoms with Gasteiger partial charge in [0.1, 0.15) is 5.30 Å². The average Bonchev–Trinajstić information content (AvgIpc) is 2.69. The molecule has 0 saturated carbocycles. The lowest BCUT2D eigenvalue weighted by Gasteiger charge is -2.19. The third-order valence-corrected chi connectivity index (χ3v) is 5.85. The highest BCUT2D eigenvalue weighted by Gasteiger charge is 2.28. The molecule has 0 atom stereocenters. The van der Waals surface area contributed by atoms with Crippen molar-refractivity contribution in [2.24, 2.45) is 0 Å². The van der Waals surface area contributed by atoms with Crippen molar-refractivity contribution in [2.75, 3.05) is 27.4 Å². The van der Waals surface area contributed by atoms with Crippen molar-refractivity contribution >= 4 is 23.7 Å². The van der Waals surface area contributed by atoms with E-state index in [9.17, 15) is 19.1 Å². The molecule has 7 nitrogen and oxygen atoms in total. The average molecular weight is 417 g/mol. The third-order valence-electron chi connectivity index (χ3n) is 4.78. The maximum Gasteiger partial charge on any atom is 0.362 e. The fourth-order valence-electron chi connectivity index (χ4n) is 3.39. The van der Waals surface area contributed by atoms with Crippen LogP contribution in [-0.4, -0.2) is 41.8 Å². The summed E-state index contributed by atoms with van der Waals surface area (Å²) in [6.07, 6.45) is 0.220. The summed E-state index contributed by atoms with van der Waals surface area (Å²) < 4.78 is 23.6. The fourth-order valence-corrected chi connectivity index (χ4v) is 4.31. The van der Waals surface area contributed by atoms with E-state index in [4.69, 9.17) is 9.47 Å². The molecule has 0 radical (unpaired) electrons. The van der Waals surface area contributed by atoms with E-state index in [0.717, 1.165) is 16.3 Å². The summed E-state index contributed by atoms with van der Waals surface area (Å²) in [5.41, 5.74) is 0.961. The lowest BCUT2D eigenvalue weighted by Crippen LogP contribution is -2.38. The van der Waals surface area contributed by atoms with Crippen LogP contribution < -0.4 is 10.9 Å². The van der Waals surface area contributed by atoms with Crippen LogP contribution in [-0.2, 0) is 27.0 Å². The smallest absolute Gasteiger partial charge is 0.362 e. The number of aromatic nitrogens is 1. The Morgan fingerprint density at radius 2 is 1.66 bits per heavy atom. The number of fused-ring (bicyclic) bond motifs is 1. The molecular formula is C21H24NO6P. The van der Waals surface area contributed by atoms with Crippen molar-refractivity contribution in [1.29, 1.82) is 0 Å². The predicted octanol–water partition coefficient (Wildman–Crippen LogP) is 2.31. The van der Waals surface area contributed by atoms with Gasteiger partial charge in [0.15, 0.2) is 0 Å². The molecule has 8 heteroatoms. The van der Waals surface area contributed by atoms with Gasteiger partial charge in [0.2, 0.25) is 0 Å². The van der Waals surface area contributed by atoms with Gasteiger partial charge in [0.25, 0.3) is 5.56 Å². The standard InChI is InChI=1S/C21H24NO6P/c1-27-11-9-18-14-19(17-8-7-15-5-3-4-6-16(15)13-17)22(10-12-28-2)21(23)20(18)29(24,25)26/h3-8,13-14H,9-12H2,1-2H3,(H2,24,25,26). The van der Waals surface area contributed by atoms with Crippen LogP contribution >= 0.6 is 7.60 Å². The van der Waals surface area contributed by atoms with Gasteiger partial charge in [0, 0.05) is 20.8 Å². The number of methoxy groups -OCH3 is 2. The maximum atomic E-state index is 13.1. The first-order chi connectivity index (χ1) is 13.9. The number of rotatable bonds is 8. The summed E-state index contributed by atoms with van der Waals surface area (Å²) >= 11 is 0. The van der Waals surface area contributed by atoms with E-state index < -0.39 is 18.5 Å². The van der Waals surface area contributed by atoms with Gasteiger partial charge < -0.3 is 23.8 Å². The number of nitrogens with zero attached hydrogens (tertiary/aromatic N) is 1. The van der Waals surface area contributed by atoms with Crippen molar-refractivity contribution in [3.05, 3.63) is 64.4 Å². The van der Waals surface area contributed by atoms with Crippen LogP contribution in [0.15, 0.2) is 53.3 Å². The molecule has 0 bridgehead atoms. The van der Waals surface area contributed by atoms with Crippen LogP contribution in [0.3, 0.4) is 0 Å². The molecule has 0 amide bonds. The summed E-state index contributed by atoms with van der Waals surface area (Å²) in [6.45, 7) is 0.652. The maximum absolute atomic E-state index is 13.1. The Morgan fingerprint density at radius 3 is 2.31 bits per heavy atom. The zero-order valence-electron chi connectivity index (χ0n) is 16.4. The molecule has 2 N–H and O–H groups in total. The number of pyridine rings is 1. The summed E-state index contributed by atoms with van der Waals surface area (Å²) in [5, 5.41) is 1.59. The minimum absolute atomic E-state index is 0.176. The van der Waals surface area contributed by atoms with Crippen LogP contribution in [0.2, 0.25) is 0 Å². The molecule has 0 aliphatic rings. The highest BCUT2D eigenvalue weighted by Crippen LogP contribution is 2.34. The number of hydrogen-bond donors (Lipinski definition) is 2. The Hall–Kier alpha value is -2.28. The molecule has 3 aromatic rings. The Labute approximate surface area is 168 Å². The molecule has 0 spiro atoms. The lowest BCUT2D eigenvalue weighted by atomic mass is 10.0. The van der Waals surface area contributed by atoms with E-state index in [-0.39, 0.29) is 26.2 Å². The van der Waals surface area contributed by atoms with Gasteiger partial charge in [-0.05, 0) is 40.5 Å². The first-order valence-corrected chi connectivity index (χ1v) is 10.8. The van der Waals surface area contributed by atoms with E-state index in [0.29, 0.717) is 11.3 Å². The SMILES string of the molecule is COCCc1cc(-c2ccc3ccccc3c2)n(CCOC)c(=O)c1P(=O)(O)O. The molecule has 2 aromatic carbocycles. The second-order valence-corrected chi connectivity index (χ2v) is 8.24. The molecule has 0 aliphatic heterocycles. The number of benzene rings is 2. The van der Waals surface area contributed by atoms with Gasteiger partial charge in [-0.3, -0.25) is 9.36 Å². The molecular weight excluding hydrogens is 393 g/mol. The van der Waals surface area contributed by atoms with E-state index in [1.54, 1.807) is 6.07 Å². The van der Waals surface area contributed by atoms with Gasteiger partial charge in [-0.2, -0.15) is 0 Å². The van der Waals surface area contributed by atoms with Crippen molar-refractivity contribution < 1.29 is 23.8 Å². The molecule has 1 heterocycles. The summed E-state index contributed by atoms with van der Waals surface area (Å²) in [4.78, 5) is 32.8. The topological polar surface area (TPSA) is 98.0 Å². The van der Waals surface area contributed by atoms with Gasteiger partial charge in [-0.15, -0.1) is 0 Å². The second-order valence-electron chi connectivity index (χ2n) is 6.70. The highest BCUT2D eigenvalue weighted by atomic mass is 31.2. The van der Waals surface area contributed by atoms with Gasteiger partial charge in [-0.25, -0.2) is 0 Å². The lowest BCUT2D eigenvalue weighted by molar-refractivity contribution is 0.186. The second kappa shape index (κ2) is 9.03. The largest absolute Gasteiger partial charge is 0.384 e. The third kappa shape index (κ3) is 4.66. The van der Waals surface area contributed by atoms with E-state index >= 15 is 0 Å². The van der Waals surface area contributed by atoms with Gasteiger partial charge in [0.05, 0.1) is 18.9 Å². The molecule has 1 aromatic heterocycles. The molecule has 0 saturated heterocycles. The minimum Gasteiger partial charge on any atom is -0.384 e. The molecule has 29 heavy (non-hydrogen) atoms. The normalized spacial score (nSPS) is 11.9. The van der Waals surface area contributed by atoms with Gasteiger partial charge >= 0.3 is 7.60 Å². The van der Waals surface area contributed by atoms with Crippen molar-refractivity contribution in [1.82, 2.24) is 4.57 Å². The first kappa shape index (κ1) is 21.4. The van der Waals surface area contributed by atoms with Crippen molar-refractivity contribution in [2.45, 2.75) is 13.0 Å². The van der Waals surface area contributed by atoms with Gasteiger partial charge in [-0.1, -0.05) is 36.4 Å². The number of hydrogen-bond acceptors (Lipinski definition) is 4. The Morgan fingerprint density at radius 1 is 0.966 bits per heavy atom. The first-order valence-electron chi connectivity index (χ1n) is 9.16. The Kier molecular flexibility index (Phi) is 6.67. The summed E-state index contributed by atoms with van der Waals surface area (Å²) in [5.74, 6) is 0. The zero-order chi connectivity index (χ0) is 21.0. The Balaban J connectivity index is 2.28. The minimum atomic E-state index is -4.77. The molecule has 154 valence electrons. The fraction of sp³-hybridized carbons (Fsp3) is 0.286. The number of ether oxygens (including phenoxy) is 2. The van der Waals surface area contributed by atoms with Crippen molar-refractivity contribution in [3.8, 4) is 11.3 Å². The van der Waals surface area contributed by atoms with Crippen LogP contribution in [0.25, 0.3) is 22.0 Å². The summed E-state index contributed by atoms with van der Waals surface area (Å²) in [6, 6.07) is 15.4. The van der Waals surface area contributed by atoms with E-state index in [1.807, 2.05) is 42.5 Å². The van der Waals surface area contributed by atoms with Crippen LogP contribution in [0.1, 0.15) is 5.56 Å². The quantitative estimate of drug-likeness (QED) is 0.546. The van der Waals surface area contributed by atoms with Crippen LogP contribution in [0, 0.1) is 0 Å².